The van der Waals surface area contributed by atoms with Crippen LogP contribution in [0.3, 0.4) is 0 Å². The summed E-state index contributed by atoms with van der Waals surface area (Å²) in [4.78, 5) is 12.1. The van der Waals surface area contributed by atoms with Crippen LogP contribution in [0.5, 0.6) is 0 Å². The van der Waals surface area contributed by atoms with Gasteiger partial charge in [0.1, 0.15) is 5.58 Å². The van der Waals surface area contributed by atoms with Gasteiger partial charge >= 0.3 is 0 Å². The van der Waals surface area contributed by atoms with Crippen molar-refractivity contribution in [1.82, 2.24) is 0 Å². The van der Waals surface area contributed by atoms with E-state index in [9.17, 15) is 4.79 Å². The molecule has 2 nitrogen and oxygen atoms in total. The molecule has 0 amide bonds. The molecule has 0 saturated heterocycles. The van der Waals surface area contributed by atoms with E-state index in [1.54, 1.807) is 0 Å². The average Bonchev–Trinajstić information content (AvgIpc) is 2.74. The van der Waals surface area contributed by atoms with E-state index in [0.29, 0.717) is 18.1 Å². The van der Waals surface area contributed by atoms with Gasteiger partial charge in [-0.15, -0.1) is 0 Å². The zero-order chi connectivity index (χ0) is 13.1. The Bertz CT molecular complexity index is 557. The highest BCUT2D eigenvalue weighted by Gasteiger charge is 2.16. The van der Waals surface area contributed by atoms with Gasteiger partial charge in [-0.2, -0.15) is 0 Å². The van der Waals surface area contributed by atoms with E-state index in [1.807, 2.05) is 24.3 Å². The van der Waals surface area contributed by atoms with Crippen molar-refractivity contribution in [3.05, 3.63) is 34.5 Å². The third-order valence-corrected chi connectivity index (χ3v) is 3.71. The zero-order valence-corrected chi connectivity index (χ0v) is 12.3. The fraction of sp³-hybridized carbons (Fsp3) is 0.400. The monoisotopic (exact) mass is 308 g/mol. The maximum absolute atomic E-state index is 12.1. The Kier molecular flexibility index (Phi) is 4.23. The standard InChI is InChI=1S/C15H17BrO2/c1-3-5-10(2)8-13(17)14-9-11-6-4-7-12(16)15(11)18-14/h4,6-7,9-10H,3,5,8H2,1-2H3. The lowest BCUT2D eigenvalue weighted by atomic mass is 9.99. The molecule has 2 aromatic rings. The lowest BCUT2D eigenvalue weighted by Gasteiger charge is -2.06. The van der Waals surface area contributed by atoms with Gasteiger partial charge in [-0.05, 0) is 34.0 Å². The molecule has 96 valence electrons. The smallest absolute Gasteiger partial charge is 0.198 e. The van der Waals surface area contributed by atoms with Gasteiger partial charge in [-0.3, -0.25) is 4.79 Å². The number of rotatable bonds is 5. The summed E-state index contributed by atoms with van der Waals surface area (Å²) in [5.74, 6) is 0.984. The molecule has 1 aromatic heterocycles. The van der Waals surface area contributed by atoms with Crippen LogP contribution in [0.2, 0.25) is 0 Å². The highest BCUT2D eigenvalue weighted by molar-refractivity contribution is 9.10. The highest BCUT2D eigenvalue weighted by Crippen LogP contribution is 2.28. The summed E-state index contributed by atoms with van der Waals surface area (Å²) in [6.45, 7) is 4.25. The van der Waals surface area contributed by atoms with Crippen molar-refractivity contribution in [3.8, 4) is 0 Å². The molecule has 3 heteroatoms. The number of Topliss-reactive ketones (excluding diaryl/α,β-unsaturated/α-hetero) is 1. The first-order valence-corrected chi connectivity index (χ1v) is 7.12. The molecule has 1 unspecified atom stereocenters. The van der Waals surface area contributed by atoms with Crippen LogP contribution in [0.1, 0.15) is 43.7 Å². The second-order valence-electron chi connectivity index (χ2n) is 4.79. The second kappa shape index (κ2) is 5.70. The molecular formula is C15H17BrO2. The SMILES string of the molecule is CCCC(C)CC(=O)c1cc2cccc(Br)c2o1. The number of ketones is 1. The summed E-state index contributed by atoms with van der Waals surface area (Å²) in [5, 5.41) is 0.968. The Morgan fingerprint density at radius 3 is 2.89 bits per heavy atom. The van der Waals surface area contributed by atoms with Crippen molar-refractivity contribution in [2.75, 3.05) is 0 Å². The molecule has 0 N–H and O–H groups in total. The van der Waals surface area contributed by atoms with Crippen molar-refractivity contribution in [1.29, 1.82) is 0 Å². The second-order valence-corrected chi connectivity index (χ2v) is 5.64. The fourth-order valence-electron chi connectivity index (χ4n) is 2.18. The molecular weight excluding hydrogens is 292 g/mol. The van der Waals surface area contributed by atoms with Gasteiger partial charge in [0.05, 0.1) is 4.47 Å². The summed E-state index contributed by atoms with van der Waals surface area (Å²) in [7, 11) is 0. The van der Waals surface area contributed by atoms with Crippen molar-refractivity contribution >= 4 is 32.7 Å². The molecule has 2 rings (SSSR count). The number of furan rings is 1. The predicted octanol–water partition coefficient (Wildman–Crippen LogP) is 5.20. The van der Waals surface area contributed by atoms with E-state index in [1.165, 1.54) is 0 Å². The molecule has 0 fully saturated rings. The maximum atomic E-state index is 12.1. The summed E-state index contributed by atoms with van der Waals surface area (Å²) >= 11 is 3.43. The average molecular weight is 309 g/mol. The lowest BCUT2D eigenvalue weighted by Crippen LogP contribution is -2.04. The zero-order valence-electron chi connectivity index (χ0n) is 10.7. The van der Waals surface area contributed by atoms with Gasteiger partial charge in [0, 0.05) is 11.8 Å². The number of carbonyl (C=O) groups is 1. The van der Waals surface area contributed by atoms with E-state index in [0.717, 1.165) is 28.3 Å². The number of fused-ring (bicyclic) bond motifs is 1. The Morgan fingerprint density at radius 2 is 2.22 bits per heavy atom. The van der Waals surface area contributed by atoms with Gasteiger partial charge in [0.25, 0.3) is 0 Å². The maximum Gasteiger partial charge on any atom is 0.198 e. The number of carbonyl (C=O) groups excluding carboxylic acids is 1. The van der Waals surface area contributed by atoms with Gasteiger partial charge < -0.3 is 4.42 Å². The third-order valence-electron chi connectivity index (χ3n) is 3.09. The molecule has 0 saturated carbocycles. The molecule has 0 aliphatic carbocycles. The lowest BCUT2D eigenvalue weighted by molar-refractivity contribution is 0.0937. The first-order valence-electron chi connectivity index (χ1n) is 6.33. The molecule has 18 heavy (non-hydrogen) atoms. The molecule has 0 aliphatic rings. The van der Waals surface area contributed by atoms with Gasteiger partial charge in [0.2, 0.25) is 0 Å². The van der Waals surface area contributed by atoms with E-state index in [4.69, 9.17) is 4.42 Å². The minimum absolute atomic E-state index is 0.0963. The predicted molar refractivity (Wildman–Crippen MR) is 76.9 cm³/mol. The van der Waals surface area contributed by atoms with Gasteiger partial charge in [-0.25, -0.2) is 0 Å². The Labute approximate surface area is 115 Å². The third kappa shape index (κ3) is 2.83. The molecule has 0 aliphatic heterocycles. The van der Waals surface area contributed by atoms with E-state index < -0.39 is 0 Å². The van der Waals surface area contributed by atoms with Crippen LogP contribution >= 0.6 is 15.9 Å². The van der Waals surface area contributed by atoms with Crippen molar-refractivity contribution < 1.29 is 9.21 Å². The minimum atomic E-state index is 0.0963. The summed E-state index contributed by atoms with van der Waals surface area (Å²) < 4.78 is 6.53. The highest BCUT2D eigenvalue weighted by atomic mass is 79.9. The molecule has 1 atom stereocenters. The van der Waals surface area contributed by atoms with Crippen molar-refractivity contribution in [2.45, 2.75) is 33.1 Å². The Morgan fingerprint density at radius 1 is 1.44 bits per heavy atom. The van der Waals surface area contributed by atoms with Gasteiger partial charge in [0.15, 0.2) is 11.5 Å². The normalized spacial score (nSPS) is 12.8. The topological polar surface area (TPSA) is 30.2 Å². The number of benzene rings is 1. The Balaban J connectivity index is 2.21. The van der Waals surface area contributed by atoms with Crippen LogP contribution in [0, 0.1) is 5.92 Å². The van der Waals surface area contributed by atoms with Crippen LogP contribution in [0.15, 0.2) is 33.2 Å². The molecule has 0 spiro atoms. The van der Waals surface area contributed by atoms with Crippen molar-refractivity contribution in [3.63, 3.8) is 0 Å². The number of hydrogen-bond acceptors (Lipinski definition) is 2. The number of hydrogen-bond donors (Lipinski definition) is 0. The fourth-order valence-corrected chi connectivity index (χ4v) is 2.64. The summed E-state index contributed by atoms with van der Waals surface area (Å²) in [5.41, 5.74) is 0.754. The molecule has 0 radical (unpaired) electrons. The summed E-state index contributed by atoms with van der Waals surface area (Å²) in [6.07, 6.45) is 2.75. The van der Waals surface area contributed by atoms with Crippen LogP contribution < -0.4 is 0 Å². The van der Waals surface area contributed by atoms with E-state index in [2.05, 4.69) is 29.8 Å². The first-order chi connectivity index (χ1) is 8.61. The Hall–Kier alpha value is -1.09. The van der Waals surface area contributed by atoms with Crippen LogP contribution in [0.4, 0.5) is 0 Å². The van der Waals surface area contributed by atoms with Crippen LogP contribution in [-0.2, 0) is 0 Å². The summed E-state index contributed by atoms with van der Waals surface area (Å²) in [6, 6.07) is 7.65. The number of halogens is 1. The van der Waals surface area contributed by atoms with E-state index >= 15 is 0 Å². The van der Waals surface area contributed by atoms with Crippen molar-refractivity contribution in [2.24, 2.45) is 5.92 Å². The van der Waals surface area contributed by atoms with Crippen LogP contribution in [0.25, 0.3) is 11.0 Å². The largest absolute Gasteiger partial charge is 0.452 e. The van der Waals surface area contributed by atoms with E-state index in [-0.39, 0.29) is 5.78 Å². The first kappa shape index (κ1) is 13.3. The van der Waals surface area contributed by atoms with Crippen LogP contribution in [-0.4, -0.2) is 5.78 Å². The van der Waals surface area contributed by atoms with Gasteiger partial charge in [-0.1, -0.05) is 38.8 Å². The molecule has 1 aromatic carbocycles. The quantitative estimate of drug-likeness (QED) is 0.710. The minimum Gasteiger partial charge on any atom is -0.452 e. The number of para-hydroxylation sites is 1. The molecule has 0 bridgehead atoms. The molecule has 1 heterocycles.